The van der Waals surface area contributed by atoms with Crippen LogP contribution in [0.4, 0.5) is 5.69 Å². The molecule has 1 N–H and O–H groups in total. The number of carbonyl (C=O) groups excluding carboxylic acids is 1. The zero-order valence-electron chi connectivity index (χ0n) is 15.6. The summed E-state index contributed by atoms with van der Waals surface area (Å²) >= 11 is 0. The Morgan fingerprint density at radius 3 is 2.50 bits per heavy atom. The molecule has 1 unspecified atom stereocenters. The molecule has 2 aromatic rings. The Labute approximate surface area is 155 Å². The Morgan fingerprint density at radius 1 is 1.12 bits per heavy atom. The van der Waals surface area contributed by atoms with Crippen molar-refractivity contribution in [3.8, 4) is 0 Å². The number of benzene rings is 2. The molecule has 2 aromatic carbocycles. The van der Waals surface area contributed by atoms with Gasteiger partial charge in [-0.3, -0.25) is 4.79 Å². The number of hydrogen-bond donors (Lipinski definition) is 1. The van der Waals surface area contributed by atoms with Crippen LogP contribution < -0.4 is 5.32 Å². The van der Waals surface area contributed by atoms with Crippen LogP contribution in [-0.2, 0) is 14.6 Å². The summed E-state index contributed by atoms with van der Waals surface area (Å²) in [6.45, 7) is 6.16. The molecule has 0 aliphatic carbocycles. The van der Waals surface area contributed by atoms with E-state index in [1.54, 1.807) is 19.2 Å². The van der Waals surface area contributed by atoms with Crippen LogP contribution in [0, 0.1) is 19.8 Å². The lowest BCUT2D eigenvalue weighted by molar-refractivity contribution is 0.102. The summed E-state index contributed by atoms with van der Waals surface area (Å²) in [5.41, 5.74) is 3.20. The molecule has 2 rings (SSSR count). The highest BCUT2D eigenvalue weighted by Crippen LogP contribution is 2.19. The number of ether oxygens (including phenoxy) is 1. The average molecular weight is 375 g/mol. The van der Waals surface area contributed by atoms with Crippen molar-refractivity contribution in [1.29, 1.82) is 0 Å². The topological polar surface area (TPSA) is 72.5 Å². The van der Waals surface area contributed by atoms with Crippen molar-refractivity contribution in [3.63, 3.8) is 0 Å². The molecule has 0 aliphatic rings. The largest absolute Gasteiger partial charge is 0.384 e. The van der Waals surface area contributed by atoms with Crippen molar-refractivity contribution in [2.24, 2.45) is 5.92 Å². The standard InChI is InChI=1S/C20H25NO4S/c1-14(12-25-4)13-26(23,24)19-7-5-6-17(11-19)20(22)21-18-9-8-15(2)16(3)10-18/h5-11,14H,12-13H2,1-4H3,(H,21,22). The fourth-order valence-corrected chi connectivity index (χ4v) is 4.29. The van der Waals surface area contributed by atoms with Crippen molar-refractivity contribution in [2.45, 2.75) is 25.7 Å². The van der Waals surface area contributed by atoms with E-state index in [9.17, 15) is 13.2 Å². The van der Waals surface area contributed by atoms with E-state index in [1.165, 1.54) is 12.1 Å². The van der Waals surface area contributed by atoms with Crippen LogP contribution in [0.25, 0.3) is 0 Å². The highest BCUT2D eigenvalue weighted by Gasteiger charge is 2.20. The monoisotopic (exact) mass is 375 g/mol. The summed E-state index contributed by atoms with van der Waals surface area (Å²) in [5.74, 6) is -0.489. The number of amides is 1. The molecule has 1 atom stereocenters. The number of sulfone groups is 1. The van der Waals surface area contributed by atoms with Gasteiger partial charge < -0.3 is 10.1 Å². The lowest BCUT2D eigenvalue weighted by Gasteiger charge is -2.12. The van der Waals surface area contributed by atoms with E-state index in [4.69, 9.17) is 4.74 Å². The first-order valence-electron chi connectivity index (χ1n) is 8.43. The van der Waals surface area contributed by atoms with Crippen LogP contribution in [0.2, 0.25) is 0 Å². The normalized spacial score (nSPS) is 12.6. The Balaban J connectivity index is 2.19. The molecule has 0 saturated heterocycles. The van der Waals surface area contributed by atoms with Crippen molar-refractivity contribution in [2.75, 3.05) is 24.8 Å². The van der Waals surface area contributed by atoms with Crippen LogP contribution in [0.3, 0.4) is 0 Å². The number of carbonyl (C=O) groups is 1. The number of nitrogens with one attached hydrogen (secondary N) is 1. The Bertz CT molecular complexity index is 890. The molecule has 0 radical (unpaired) electrons. The van der Waals surface area contributed by atoms with Crippen molar-refractivity contribution < 1.29 is 17.9 Å². The highest BCUT2D eigenvalue weighted by molar-refractivity contribution is 7.91. The van der Waals surface area contributed by atoms with E-state index in [0.29, 0.717) is 17.9 Å². The van der Waals surface area contributed by atoms with E-state index >= 15 is 0 Å². The second-order valence-electron chi connectivity index (χ2n) is 6.62. The summed E-state index contributed by atoms with van der Waals surface area (Å²) in [6.07, 6.45) is 0. The van der Waals surface area contributed by atoms with Gasteiger partial charge in [0.1, 0.15) is 0 Å². The molecule has 26 heavy (non-hydrogen) atoms. The van der Waals surface area contributed by atoms with Crippen molar-refractivity contribution >= 4 is 21.4 Å². The number of methoxy groups -OCH3 is 1. The van der Waals surface area contributed by atoms with Gasteiger partial charge >= 0.3 is 0 Å². The predicted octanol–water partition coefficient (Wildman–Crippen LogP) is 3.61. The minimum atomic E-state index is -3.48. The molecule has 0 fully saturated rings. The Hall–Kier alpha value is -2.18. The van der Waals surface area contributed by atoms with Crippen LogP contribution in [0.15, 0.2) is 47.4 Å². The quantitative estimate of drug-likeness (QED) is 0.802. The van der Waals surface area contributed by atoms with Gasteiger partial charge in [-0.1, -0.05) is 19.1 Å². The van der Waals surface area contributed by atoms with Crippen molar-refractivity contribution in [3.05, 3.63) is 59.2 Å². The van der Waals surface area contributed by atoms with Crippen LogP contribution in [0.1, 0.15) is 28.4 Å². The van der Waals surface area contributed by atoms with E-state index < -0.39 is 9.84 Å². The van der Waals surface area contributed by atoms with Gasteiger partial charge in [0, 0.05) is 25.0 Å². The highest BCUT2D eigenvalue weighted by atomic mass is 32.2. The van der Waals surface area contributed by atoms with E-state index in [0.717, 1.165) is 11.1 Å². The Kier molecular flexibility index (Phi) is 6.56. The molecular formula is C20H25NO4S. The van der Waals surface area contributed by atoms with E-state index in [1.807, 2.05) is 39.0 Å². The molecule has 0 heterocycles. The second-order valence-corrected chi connectivity index (χ2v) is 8.66. The summed E-state index contributed by atoms with van der Waals surface area (Å²) in [6, 6.07) is 11.8. The third kappa shape index (κ3) is 5.16. The molecule has 140 valence electrons. The molecule has 6 heteroatoms. The zero-order valence-corrected chi connectivity index (χ0v) is 16.4. The summed E-state index contributed by atoms with van der Waals surface area (Å²) < 4.78 is 30.1. The molecule has 0 spiro atoms. The lowest BCUT2D eigenvalue weighted by atomic mass is 10.1. The van der Waals surface area contributed by atoms with Gasteiger partial charge in [-0.2, -0.15) is 0 Å². The van der Waals surface area contributed by atoms with Crippen LogP contribution >= 0.6 is 0 Å². The van der Waals surface area contributed by atoms with Crippen LogP contribution in [-0.4, -0.2) is 33.8 Å². The van der Waals surface area contributed by atoms with Gasteiger partial charge in [-0.25, -0.2) is 8.42 Å². The first-order valence-corrected chi connectivity index (χ1v) is 10.1. The summed E-state index contributed by atoms with van der Waals surface area (Å²) in [5, 5.41) is 2.81. The number of aryl methyl sites for hydroxylation is 2. The first-order chi connectivity index (χ1) is 12.2. The minimum absolute atomic E-state index is 0.0247. The number of anilines is 1. The lowest BCUT2D eigenvalue weighted by Crippen LogP contribution is -2.18. The number of rotatable bonds is 7. The third-order valence-corrected chi connectivity index (χ3v) is 6.16. The minimum Gasteiger partial charge on any atom is -0.384 e. The van der Waals surface area contributed by atoms with E-state index in [-0.39, 0.29) is 22.5 Å². The third-order valence-electron chi connectivity index (χ3n) is 4.18. The first kappa shape index (κ1) is 20.1. The van der Waals surface area contributed by atoms with Gasteiger partial charge in [0.05, 0.1) is 10.6 Å². The summed E-state index contributed by atoms with van der Waals surface area (Å²) in [7, 11) is -1.94. The molecule has 5 nitrogen and oxygen atoms in total. The molecule has 0 bridgehead atoms. The molecule has 0 aromatic heterocycles. The van der Waals surface area contributed by atoms with E-state index in [2.05, 4.69) is 5.32 Å². The zero-order chi connectivity index (χ0) is 19.3. The maximum Gasteiger partial charge on any atom is 0.255 e. The summed E-state index contributed by atoms with van der Waals surface area (Å²) in [4.78, 5) is 12.6. The molecular weight excluding hydrogens is 350 g/mol. The SMILES string of the molecule is COCC(C)CS(=O)(=O)c1cccc(C(=O)Nc2ccc(C)c(C)c2)c1. The average Bonchev–Trinajstić information content (AvgIpc) is 2.58. The second kappa shape index (κ2) is 8.47. The fourth-order valence-electron chi connectivity index (χ4n) is 2.66. The molecule has 0 aliphatic heterocycles. The Morgan fingerprint density at radius 2 is 1.85 bits per heavy atom. The molecule has 1 amide bonds. The predicted molar refractivity (Wildman–Crippen MR) is 103 cm³/mol. The fraction of sp³-hybridized carbons (Fsp3) is 0.350. The maximum absolute atomic E-state index is 12.5. The van der Waals surface area contributed by atoms with Crippen LogP contribution in [0.5, 0.6) is 0 Å². The number of hydrogen-bond acceptors (Lipinski definition) is 4. The molecule has 0 saturated carbocycles. The van der Waals surface area contributed by atoms with Gasteiger partial charge in [-0.15, -0.1) is 0 Å². The van der Waals surface area contributed by atoms with Gasteiger partial charge in [0.25, 0.3) is 5.91 Å². The van der Waals surface area contributed by atoms with Crippen molar-refractivity contribution in [1.82, 2.24) is 0 Å². The maximum atomic E-state index is 12.5. The van der Waals surface area contributed by atoms with Gasteiger partial charge in [0.15, 0.2) is 9.84 Å². The van der Waals surface area contributed by atoms with Gasteiger partial charge in [-0.05, 0) is 61.2 Å². The smallest absolute Gasteiger partial charge is 0.255 e. The van der Waals surface area contributed by atoms with Gasteiger partial charge in [0.2, 0.25) is 0 Å².